The van der Waals surface area contributed by atoms with Crippen LogP contribution in [0.4, 0.5) is 13.2 Å². The number of methoxy groups -OCH3 is 2. The molecule has 6 nitrogen and oxygen atoms in total. The molecule has 0 spiro atoms. The van der Waals surface area contributed by atoms with Crippen molar-refractivity contribution in [2.75, 3.05) is 34.0 Å². The van der Waals surface area contributed by atoms with Crippen molar-refractivity contribution in [3.05, 3.63) is 23.9 Å². The Labute approximate surface area is 137 Å². The highest BCUT2D eigenvalue weighted by Crippen LogP contribution is 2.23. The van der Waals surface area contributed by atoms with Gasteiger partial charge in [0, 0.05) is 26.8 Å². The molecular formula is C15H19F3N2O4. The summed E-state index contributed by atoms with van der Waals surface area (Å²) in [6.45, 7) is -0.742. The Hall–Kier alpha value is -1.87. The van der Waals surface area contributed by atoms with Gasteiger partial charge in [-0.3, -0.25) is 4.79 Å². The number of nitrogens with zero attached hydrogens (tertiary/aromatic N) is 2. The molecule has 0 saturated carbocycles. The van der Waals surface area contributed by atoms with Gasteiger partial charge in [0.1, 0.15) is 5.69 Å². The first kappa shape index (κ1) is 18.5. The van der Waals surface area contributed by atoms with E-state index in [2.05, 4.69) is 9.72 Å². The second-order valence-electron chi connectivity index (χ2n) is 5.43. The Balaban J connectivity index is 2.10. The number of rotatable bonds is 6. The van der Waals surface area contributed by atoms with Gasteiger partial charge in [-0.2, -0.15) is 13.2 Å². The zero-order valence-corrected chi connectivity index (χ0v) is 13.4. The average molecular weight is 348 g/mol. The van der Waals surface area contributed by atoms with Crippen LogP contribution < -0.4 is 4.74 Å². The summed E-state index contributed by atoms with van der Waals surface area (Å²) in [7, 11) is 3.10. The zero-order valence-electron chi connectivity index (χ0n) is 13.4. The van der Waals surface area contributed by atoms with Gasteiger partial charge in [-0.15, -0.1) is 0 Å². The lowest BCUT2D eigenvalue weighted by Crippen LogP contribution is -2.38. The van der Waals surface area contributed by atoms with Crippen LogP contribution in [0.2, 0.25) is 0 Å². The monoisotopic (exact) mass is 348 g/mol. The van der Waals surface area contributed by atoms with Crippen molar-refractivity contribution in [1.29, 1.82) is 0 Å². The van der Waals surface area contributed by atoms with Gasteiger partial charge in [0.2, 0.25) is 5.88 Å². The maximum atomic E-state index is 12.6. The van der Waals surface area contributed by atoms with Crippen LogP contribution in [0.3, 0.4) is 0 Å². The summed E-state index contributed by atoms with van der Waals surface area (Å²) in [4.78, 5) is 18.1. The standard InChI is InChI=1S/C15H19F3N2O4/c1-22-8-10-6-11(23-2)7-20(10)14(21)12-4-3-5-13(19-12)24-9-15(16,17)18/h3-5,10-11H,6-9H2,1-2H3/t10-,11+/m0/s1. The summed E-state index contributed by atoms with van der Waals surface area (Å²) in [5.41, 5.74) is 0.0209. The smallest absolute Gasteiger partial charge is 0.422 e. The molecule has 24 heavy (non-hydrogen) atoms. The number of alkyl halides is 3. The van der Waals surface area contributed by atoms with Crippen LogP contribution in [0.5, 0.6) is 5.88 Å². The largest absolute Gasteiger partial charge is 0.468 e. The molecular weight excluding hydrogens is 329 g/mol. The van der Waals surface area contributed by atoms with Crippen molar-refractivity contribution >= 4 is 5.91 Å². The molecule has 1 aliphatic heterocycles. The minimum Gasteiger partial charge on any atom is -0.468 e. The van der Waals surface area contributed by atoms with Gasteiger partial charge < -0.3 is 19.1 Å². The highest BCUT2D eigenvalue weighted by Gasteiger charge is 2.36. The predicted molar refractivity (Wildman–Crippen MR) is 77.9 cm³/mol. The molecule has 2 atom stereocenters. The van der Waals surface area contributed by atoms with Crippen molar-refractivity contribution in [3.8, 4) is 5.88 Å². The molecule has 1 aromatic heterocycles. The van der Waals surface area contributed by atoms with Gasteiger partial charge in [0.25, 0.3) is 5.91 Å². The average Bonchev–Trinajstić information content (AvgIpc) is 2.95. The third-order valence-electron chi connectivity index (χ3n) is 3.66. The van der Waals surface area contributed by atoms with Gasteiger partial charge in [-0.05, 0) is 12.5 Å². The Kier molecular flexibility index (Phi) is 6.00. The topological polar surface area (TPSA) is 60.9 Å². The van der Waals surface area contributed by atoms with E-state index in [4.69, 9.17) is 9.47 Å². The number of pyridine rings is 1. The third kappa shape index (κ3) is 4.81. The maximum Gasteiger partial charge on any atom is 0.422 e. The first-order valence-electron chi connectivity index (χ1n) is 7.33. The highest BCUT2D eigenvalue weighted by atomic mass is 19.4. The van der Waals surface area contributed by atoms with E-state index in [-0.39, 0.29) is 23.7 Å². The second-order valence-corrected chi connectivity index (χ2v) is 5.43. The number of carbonyl (C=O) groups is 1. The molecule has 0 aromatic carbocycles. The zero-order chi connectivity index (χ0) is 17.7. The van der Waals surface area contributed by atoms with E-state index in [9.17, 15) is 18.0 Å². The van der Waals surface area contributed by atoms with E-state index >= 15 is 0 Å². The lowest BCUT2D eigenvalue weighted by atomic mass is 10.2. The highest BCUT2D eigenvalue weighted by molar-refractivity contribution is 5.93. The SMILES string of the molecule is COC[C@@H]1C[C@@H](OC)CN1C(=O)c1cccc(OCC(F)(F)F)n1. The lowest BCUT2D eigenvalue weighted by molar-refractivity contribution is -0.154. The van der Waals surface area contributed by atoms with Crippen molar-refractivity contribution in [2.45, 2.75) is 24.7 Å². The maximum absolute atomic E-state index is 12.6. The van der Waals surface area contributed by atoms with E-state index in [0.29, 0.717) is 19.6 Å². The third-order valence-corrected chi connectivity index (χ3v) is 3.66. The quantitative estimate of drug-likeness (QED) is 0.786. The lowest BCUT2D eigenvalue weighted by Gasteiger charge is -2.23. The van der Waals surface area contributed by atoms with E-state index in [1.807, 2.05) is 0 Å². The van der Waals surface area contributed by atoms with Crippen molar-refractivity contribution in [1.82, 2.24) is 9.88 Å². The van der Waals surface area contributed by atoms with Crippen LogP contribution in [0, 0.1) is 0 Å². The van der Waals surface area contributed by atoms with Crippen LogP contribution in [0.15, 0.2) is 18.2 Å². The summed E-state index contributed by atoms with van der Waals surface area (Å²) >= 11 is 0. The van der Waals surface area contributed by atoms with Crippen LogP contribution >= 0.6 is 0 Å². The number of ether oxygens (including phenoxy) is 3. The molecule has 1 aromatic rings. The van der Waals surface area contributed by atoms with E-state index in [0.717, 1.165) is 0 Å². The van der Waals surface area contributed by atoms with Crippen LogP contribution in [-0.4, -0.2) is 68.1 Å². The molecule has 2 rings (SSSR count). The molecule has 0 unspecified atom stereocenters. The predicted octanol–water partition coefficient (Wildman–Crippen LogP) is 1.90. The van der Waals surface area contributed by atoms with Gasteiger partial charge in [-0.25, -0.2) is 4.98 Å². The Morgan fingerprint density at radius 3 is 2.75 bits per heavy atom. The summed E-state index contributed by atoms with van der Waals surface area (Å²) in [6.07, 6.45) is -3.95. The number of halogens is 3. The van der Waals surface area contributed by atoms with Crippen molar-refractivity contribution < 1.29 is 32.2 Å². The summed E-state index contributed by atoms with van der Waals surface area (Å²) < 4.78 is 51.6. The molecule has 1 fully saturated rings. The summed E-state index contributed by atoms with van der Waals surface area (Å²) in [5.74, 6) is -0.641. The van der Waals surface area contributed by atoms with Crippen LogP contribution in [-0.2, 0) is 9.47 Å². The molecule has 2 heterocycles. The fourth-order valence-electron chi connectivity index (χ4n) is 2.56. The Morgan fingerprint density at radius 2 is 2.12 bits per heavy atom. The van der Waals surface area contributed by atoms with Gasteiger partial charge in [0.15, 0.2) is 6.61 Å². The minimum absolute atomic E-state index is 0.0209. The minimum atomic E-state index is -4.47. The van der Waals surface area contributed by atoms with E-state index in [1.165, 1.54) is 25.3 Å². The number of aromatic nitrogens is 1. The molecule has 0 bridgehead atoms. The van der Waals surface area contributed by atoms with Crippen molar-refractivity contribution in [2.24, 2.45) is 0 Å². The summed E-state index contributed by atoms with van der Waals surface area (Å²) in [5, 5.41) is 0. The molecule has 1 saturated heterocycles. The molecule has 134 valence electrons. The fourth-order valence-corrected chi connectivity index (χ4v) is 2.56. The number of amides is 1. The van der Waals surface area contributed by atoms with Crippen LogP contribution in [0.1, 0.15) is 16.9 Å². The fraction of sp³-hybridized carbons (Fsp3) is 0.600. The van der Waals surface area contributed by atoms with E-state index < -0.39 is 18.7 Å². The Morgan fingerprint density at radius 1 is 1.38 bits per heavy atom. The second kappa shape index (κ2) is 7.80. The van der Waals surface area contributed by atoms with Gasteiger partial charge in [-0.1, -0.05) is 6.07 Å². The number of hydrogen-bond acceptors (Lipinski definition) is 5. The summed E-state index contributed by atoms with van der Waals surface area (Å²) in [6, 6.07) is 3.97. The molecule has 1 amide bonds. The Bertz CT molecular complexity index is 568. The normalized spacial score (nSPS) is 21.1. The van der Waals surface area contributed by atoms with Crippen LogP contribution in [0.25, 0.3) is 0 Å². The molecule has 0 N–H and O–H groups in total. The molecule has 0 aliphatic carbocycles. The first-order chi connectivity index (χ1) is 11.3. The van der Waals surface area contributed by atoms with Gasteiger partial charge in [0.05, 0.1) is 18.8 Å². The van der Waals surface area contributed by atoms with Crippen molar-refractivity contribution in [3.63, 3.8) is 0 Å². The number of carbonyl (C=O) groups excluding carboxylic acids is 1. The molecule has 9 heteroatoms. The van der Waals surface area contributed by atoms with E-state index in [1.54, 1.807) is 12.0 Å². The number of hydrogen-bond donors (Lipinski definition) is 0. The first-order valence-corrected chi connectivity index (χ1v) is 7.33. The molecule has 1 aliphatic rings. The number of likely N-dealkylation sites (tertiary alicyclic amines) is 1. The van der Waals surface area contributed by atoms with Gasteiger partial charge >= 0.3 is 6.18 Å². The molecule has 0 radical (unpaired) electrons.